The maximum atomic E-state index is 6.41. The summed E-state index contributed by atoms with van der Waals surface area (Å²) in [5, 5.41) is 4.65. The van der Waals surface area contributed by atoms with E-state index in [9.17, 15) is 0 Å². The van der Waals surface area contributed by atoms with E-state index in [0.717, 1.165) is 28.4 Å². The highest BCUT2D eigenvalue weighted by molar-refractivity contribution is 7.80. The van der Waals surface area contributed by atoms with Gasteiger partial charge in [-0.1, -0.05) is 50.1 Å². The molecule has 2 aromatic rings. The van der Waals surface area contributed by atoms with Crippen LogP contribution in [0.4, 0.5) is 5.69 Å². The van der Waals surface area contributed by atoms with Crippen LogP contribution in [0.5, 0.6) is 5.75 Å². The number of anilines is 1. The third-order valence-corrected chi connectivity index (χ3v) is 5.48. The molecule has 146 valence electrons. The van der Waals surface area contributed by atoms with Gasteiger partial charge in [-0.2, -0.15) is 0 Å². The third kappa shape index (κ3) is 6.38. The number of benzene rings is 2. The van der Waals surface area contributed by atoms with Gasteiger partial charge in [-0.3, -0.25) is 0 Å². The van der Waals surface area contributed by atoms with Crippen LogP contribution in [-0.4, -0.2) is 29.7 Å². The fraction of sp³-hybridized carbons (Fsp3) is 0.381. The van der Waals surface area contributed by atoms with E-state index in [0.29, 0.717) is 24.1 Å². The van der Waals surface area contributed by atoms with Gasteiger partial charge in [-0.15, -0.1) is 0 Å². The monoisotopic (exact) mass is 405 g/mol. The Balaban J connectivity index is 2.16. The van der Waals surface area contributed by atoms with Crippen LogP contribution in [0.15, 0.2) is 48.5 Å². The second-order valence-electron chi connectivity index (χ2n) is 6.68. The van der Waals surface area contributed by atoms with Crippen LogP contribution in [0.3, 0.4) is 0 Å². The highest BCUT2D eigenvalue weighted by atomic mass is 35.5. The minimum absolute atomic E-state index is 0.0214. The van der Waals surface area contributed by atoms with Crippen molar-refractivity contribution in [2.75, 3.05) is 19.0 Å². The number of nitrogens with one attached hydrogen (secondary N) is 1. The van der Waals surface area contributed by atoms with Gasteiger partial charge in [0, 0.05) is 29.8 Å². The van der Waals surface area contributed by atoms with E-state index < -0.39 is 0 Å². The fourth-order valence-electron chi connectivity index (χ4n) is 2.67. The van der Waals surface area contributed by atoms with Gasteiger partial charge in [0.05, 0.1) is 7.11 Å². The molecule has 6 heteroatoms. The van der Waals surface area contributed by atoms with Crippen molar-refractivity contribution in [3.05, 3.63) is 59.1 Å². The van der Waals surface area contributed by atoms with Crippen LogP contribution in [0.2, 0.25) is 5.02 Å². The minimum Gasteiger partial charge on any atom is -0.497 e. The van der Waals surface area contributed by atoms with Crippen molar-refractivity contribution in [1.82, 2.24) is 4.90 Å². The molecule has 0 amide bonds. The number of ether oxygens (including phenoxy) is 1. The van der Waals surface area contributed by atoms with E-state index in [2.05, 4.69) is 24.1 Å². The Morgan fingerprint density at radius 3 is 2.48 bits per heavy atom. The van der Waals surface area contributed by atoms with Crippen molar-refractivity contribution in [2.24, 2.45) is 11.7 Å². The molecule has 3 N–H and O–H groups in total. The molecule has 4 nitrogen and oxygen atoms in total. The van der Waals surface area contributed by atoms with Crippen molar-refractivity contribution in [3.8, 4) is 5.75 Å². The molecule has 0 aliphatic carbocycles. The molecule has 0 bridgehead atoms. The Labute approximate surface area is 172 Å². The number of thiocarbonyl (C=S) groups is 1. The molecule has 0 aromatic heterocycles. The molecule has 0 saturated carbocycles. The SMILES string of the molecule is CC[C@H](C)[C@H](N)CN(Cc1ccccc1Cl)C(=S)Nc1ccc(OC)cc1. The lowest BCUT2D eigenvalue weighted by molar-refractivity contribution is 0.324. The number of nitrogens with zero attached hydrogens (tertiary/aromatic N) is 1. The quantitative estimate of drug-likeness (QED) is 0.610. The Kier molecular flexibility index (Phi) is 8.35. The van der Waals surface area contributed by atoms with Gasteiger partial charge < -0.3 is 20.7 Å². The fourth-order valence-corrected chi connectivity index (χ4v) is 3.12. The molecule has 0 radical (unpaired) electrons. The predicted octanol–water partition coefficient (Wildman–Crippen LogP) is 4.92. The Morgan fingerprint density at radius 2 is 1.89 bits per heavy atom. The zero-order chi connectivity index (χ0) is 19.8. The average molecular weight is 406 g/mol. The molecule has 0 aliphatic rings. The summed E-state index contributed by atoms with van der Waals surface area (Å²) in [5.41, 5.74) is 8.34. The lowest BCUT2D eigenvalue weighted by atomic mass is 9.99. The van der Waals surface area contributed by atoms with Crippen LogP contribution in [0.1, 0.15) is 25.8 Å². The number of hydrogen-bond acceptors (Lipinski definition) is 3. The normalized spacial score (nSPS) is 12.9. The van der Waals surface area contributed by atoms with Crippen LogP contribution in [-0.2, 0) is 6.54 Å². The minimum atomic E-state index is 0.0214. The van der Waals surface area contributed by atoms with E-state index in [1.807, 2.05) is 48.5 Å². The molecule has 2 atom stereocenters. The maximum absolute atomic E-state index is 6.41. The number of hydrogen-bond donors (Lipinski definition) is 2. The molecule has 0 heterocycles. The van der Waals surface area contributed by atoms with Crippen molar-refractivity contribution in [2.45, 2.75) is 32.9 Å². The molecular weight excluding hydrogens is 378 g/mol. The highest BCUT2D eigenvalue weighted by Gasteiger charge is 2.19. The summed E-state index contributed by atoms with van der Waals surface area (Å²) < 4.78 is 5.20. The third-order valence-electron chi connectivity index (χ3n) is 4.75. The number of methoxy groups -OCH3 is 1. The largest absolute Gasteiger partial charge is 0.497 e. The number of nitrogens with two attached hydrogens (primary N) is 1. The van der Waals surface area contributed by atoms with Gasteiger partial charge in [0.2, 0.25) is 0 Å². The van der Waals surface area contributed by atoms with Crippen LogP contribution < -0.4 is 15.8 Å². The van der Waals surface area contributed by atoms with Gasteiger partial charge >= 0.3 is 0 Å². The summed E-state index contributed by atoms with van der Waals surface area (Å²) in [4.78, 5) is 2.08. The molecular formula is C21H28ClN3OS. The van der Waals surface area contributed by atoms with Gasteiger partial charge in [0.15, 0.2) is 5.11 Å². The number of rotatable bonds is 8. The van der Waals surface area contributed by atoms with Gasteiger partial charge in [0.25, 0.3) is 0 Å². The molecule has 0 spiro atoms. The lowest BCUT2D eigenvalue weighted by Crippen LogP contribution is -2.45. The molecule has 0 saturated heterocycles. The molecule has 0 unspecified atom stereocenters. The first kappa shape index (κ1) is 21.5. The highest BCUT2D eigenvalue weighted by Crippen LogP contribution is 2.20. The topological polar surface area (TPSA) is 50.5 Å². The molecule has 0 aliphatic heterocycles. The second-order valence-corrected chi connectivity index (χ2v) is 7.47. The Morgan fingerprint density at radius 1 is 1.22 bits per heavy atom. The van der Waals surface area contributed by atoms with E-state index >= 15 is 0 Å². The number of halogens is 1. The van der Waals surface area contributed by atoms with Crippen molar-refractivity contribution >= 4 is 34.6 Å². The summed E-state index contributed by atoms with van der Waals surface area (Å²) in [6, 6.07) is 15.5. The van der Waals surface area contributed by atoms with Crippen molar-refractivity contribution in [3.63, 3.8) is 0 Å². The first-order valence-corrected chi connectivity index (χ1v) is 9.92. The molecule has 2 rings (SSSR count). The zero-order valence-corrected chi connectivity index (χ0v) is 17.7. The van der Waals surface area contributed by atoms with E-state index in [1.165, 1.54) is 0 Å². The van der Waals surface area contributed by atoms with E-state index in [4.69, 9.17) is 34.3 Å². The average Bonchev–Trinajstić information content (AvgIpc) is 2.68. The molecule has 27 heavy (non-hydrogen) atoms. The lowest BCUT2D eigenvalue weighted by Gasteiger charge is -2.31. The van der Waals surface area contributed by atoms with Crippen molar-refractivity contribution in [1.29, 1.82) is 0 Å². The van der Waals surface area contributed by atoms with Gasteiger partial charge in [0.1, 0.15) is 5.75 Å². The van der Waals surface area contributed by atoms with E-state index in [1.54, 1.807) is 7.11 Å². The second kappa shape index (κ2) is 10.5. The van der Waals surface area contributed by atoms with E-state index in [-0.39, 0.29) is 6.04 Å². The summed E-state index contributed by atoms with van der Waals surface area (Å²) in [6.07, 6.45) is 1.03. The van der Waals surface area contributed by atoms with Crippen LogP contribution in [0, 0.1) is 5.92 Å². The van der Waals surface area contributed by atoms with Crippen molar-refractivity contribution < 1.29 is 4.74 Å². The first-order valence-electron chi connectivity index (χ1n) is 9.13. The maximum Gasteiger partial charge on any atom is 0.173 e. The summed E-state index contributed by atoms with van der Waals surface area (Å²) in [5.74, 6) is 1.21. The summed E-state index contributed by atoms with van der Waals surface area (Å²) >= 11 is 12.0. The predicted molar refractivity (Wildman–Crippen MR) is 119 cm³/mol. The summed E-state index contributed by atoms with van der Waals surface area (Å²) in [7, 11) is 1.65. The standard InChI is InChI=1S/C21H28ClN3OS/c1-4-15(2)20(23)14-25(13-16-7-5-6-8-19(16)22)21(27)24-17-9-11-18(26-3)12-10-17/h5-12,15,20H,4,13-14,23H2,1-3H3,(H,24,27)/t15-,20+/m0/s1. The summed E-state index contributed by atoms with van der Waals surface area (Å²) in [6.45, 7) is 5.57. The zero-order valence-electron chi connectivity index (χ0n) is 16.1. The van der Waals surface area contributed by atoms with Gasteiger partial charge in [-0.25, -0.2) is 0 Å². The first-order chi connectivity index (χ1) is 12.9. The van der Waals surface area contributed by atoms with Gasteiger partial charge in [-0.05, 0) is 54.0 Å². The van der Waals surface area contributed by atoms with Crippen LogP contribution in [0.25, 0.3) is 0 Å². The Bertz CT molecular complexity index is 738. The molecule has 0 fully saturated rings. The Hall–Kier alpha value is -1.82. The molecule has 2 aromatic carbocycles. The van der Waals surface area contributed by atoms with Crippen LogP contribution >= 0.6 is 23.8 Å². The smallest absolute Gasteiger partial charge is 0.173 e.